The van der Waals surface area contributed by atoms with E-state index in [0.29, 0.717) is 118 Å². The van der Waals surface area contributed by atoms with Crippen molar-refractivity contribution in [1.82, 2.24) is 16.0 Å². The average molecular weight is 1160 g/mol. The van der Waals surface area contributed by atoms with Gasteiger partial charge in [-0.3, -0.25) is 14.4 Å². The maximum absolute atomic E-state index is 14.1. The fourth-order valence-corrected chi connectivity index (χ4v) is 15.6. The van der Waals surface area contributed by atoms with Crippen molar-refractivity contribution < 1.29 is 69.5 Å². The van der Waals surface area contributed by atoms with Crippen LogP contribution < -0.4 is 26.0 Å². The summed E-state index contributed by atoms with van der Waals surface area (Å²) in [6.45, 7) is 0.611. The highest BCUT2D eigenvalue weighted by Crippen LogP contribution is 2.74. The predicted molar refractivity (Wildman–Crippen MR) is 314 cm³/mol. The molecule has 2 amide bonds. The van der Waals surface area contributed by atoms with E-state index in [1.165, 1.54) is 60.7 Å². The molecule has 0 radical (unpaired) electrons. The number of aryl methyl sites for hydroxylation is 1. The van der Waals surface area contributed by atoms with E-state index >= 15 is 0 Å². The first-order valence-electron chi connectivity index (χ1n) is 28.5. The molecule has 2 unspecified atom stereocenters. The van der Waals surface area contributed by atoms with Crippen LogP contribution in [-0.2, 0) is 44.0 Å². The van der Waals surface area contributed by atoms with E-state index in [0.717, 1.165) is 36.0 Å². The molecule has 4 fully saturated rings. The molecule has 18 nitrogen and oxygen atoms in total. The number of hydrogen-bond donors (Lipinski definition) is 12. The van der Waals surface area contributed by atoms with Gasteiger partial charge < -0.3 is 71.6 Å². The van der Waals surface area contributed by atoms with Crippen molar-refractivity contribution in [3.63, 3.8) is 0 Å². The molecule has 6 aromatic rings. The van der Waals surface area contributed by atoms with Gasteiger partial charge in [0.15, 0.2) is 45.2 Å². The van der Waals surface area contributed by atoms with Crippen LogP contribution in [0.1, 0.15) is 134 Å². The van der Waals surface area contributed by atoms with E-state index in [2.05, 4.69) is 21.3 Å². The molecule has 4 saturated carbocycles. The Morgan fingerprint density at radius 3 is 1.45 bits per heavy atom. The van der Waals surface area contributed by atoms with Crippen LogP contribution >= 0.6 is 12.2 Å². The zero-order valence-corrected chi connectivity index (χ0v) is 47.1. The Kier molecular flexibility index (Phi) is 15.3. The summed E-state index contributed by atoms with van der Waals surface area (Å²) in [6.07, 6.45) is 8.81. The molecular formula is C65H68N4O14S. The van der Waals surface area contributed by atoms with Crippen molar-refractivity contribution in [1.29, 1.82) is 0 Å². The van der Waals surface area contributed by atoms with Crippen LogP contribution in [0.4, 0.5) is 5.69 Å². The third kappa shape index (κ3) is 11.7. The van der Waals surface area contributed by atoms with Gasteiger partial charge in [0.05, 0.1) is 5.56 Å². The molecule has 12 rings (SSSR count). The maximum atomic E-state index is 14.1. The van der Waals surface area contributed by atoms with E-state index in [9.17, 15) is 60.0 Å². The molecule has 0 aromatic heterocycles. The summed E-state index contributed by atoms with van der Waals surface area (Å²) in [6, 6.07) is 28.2. The van der Waals surface area contributed by atoms with Crippen LogP contribution in [0.3, 0.4) is 0 Å². The fraction of sp³-hybridized carbons (Fsp3) is 0.369. The summed E-state index contributed by atoms with van der Waals surface area (Å²) in [5, 5.41) is 94.2. The second-order valence-corrected chi connectivity index (χ2v) is 24.7. The van der Waals surface area contributed by atoms with Crippen LogP contribution in [0.15, 0.2) is 109 Å². The Labute approximate surface area is 490 Å². The van der Waals surface area contributed by atoms with Crippen LogP contribution in [0.5, 0.6) is 57.5 Å². The number of esters is 1. The molecule has 2 heterocycles. The summed E-state index contributed by atoms with van der Waals surface area (Å²) >= 11 is 6.24. The van der Waals surface area contributed by atoms with Gasteiger partial charge in [-0.15, -0.1) is 0 Å². The highest BCUT2D eigenvalue weighted by molar-refractivity contribution is 7.80. The lowest BCUT2D eigenvalue weighted by molar-refractivity contribution is -0.184. The number of phenols is 8. The summed E-state index contributed by atoms with van der Waals surface area (Å²) in [7, 11) is 0. The van der Waals surface area contributed by atoms with Crippen LogP contribution in [0, 0.1) is 16.2 Å². The number of nitrogens with one attached hydrogen (secondary N) is 4. The first-order chi connectivity index (χ1) is 40.1. The van der Waals surface area contributed by atoms with Crippen LogP contribution in [-0.4, -0.2) is 88.2 Å². The van der Waals surface area contributed by atoms with Crippen LogP contribution in [0.25, 0.3) is 0 Å². The molecule has 12 N–H and O–H groups in total. The van der Waals surface area contributed by atoms with Crippen molar-refractivity contribution in [2.24, 2.45) is 16.2 Å². The van der Waals surface area contributed by atoms with Gasteiger partial charge >= 0.3 is 5.97 Å². The van der Waals surface area contributed by atoms with E-state index in [1.54, 1.807) is 48.5 Å². The quantitative estimate of drug-likeness (QED) is 0.0181. The number of thiocarbonyl (C=S) groups is 1. The van der Waals surface area contributed by atoms with E-state index in [1.807, 2.05) is 0 Å². The van der Waals surface area contributed by atoms with Crippen molar-refractivity contribution >= 4 is 46.6 Å². The minimum atomic E-state index is -1.47. The van der Waals surface area contributed by atoms with Crippen molar-refractivity contribution in [2.75, 3.05) is 18.4 Å². The van der Waals surface area contributed by atoms with E-state index in [4.69, 9.17) is 21.7 Å². The first-order valence-corrected chi connectivity index (χ1v) is 28.9. The minimum absolute atomic E-state index is 0.0622. The predicted octanol–water partition coefficient (Wildman–Crippen LogP) is 9.92. The van der Waals surface area contributed by atoms with E-state index in [-0.39, 0.29) is 93.5 Å². The lowest BCUT2D eigenvalue weighted by Crippen LogP contribution is -2.69. The van der Waals surface area contributed by atoms with Gasteiger partial charge in [-0.05, 0) is 201 Å². The number of hydrogen-bond acceptors (Lipinski definition) is 15. The van der Waals surface area contributed by atoms with Gasteiger partial charge in [0, 0.05) is 78.8 Å². The van der Waals surface area contributed by atoms with Crippen molar-refractivity contribution in [3.05, 3.63) is 148 Å². The largest absolute Gasteiger partial charge is 0.508 e. The molecule has 2 atom stereocenters. The second kappa shape index (κ2) is 22.5. The standard InChI is InChI=1S/C65H68N4O14S/c70-42(3-1-2-38-4-13-49(73)52(76)26-38)16-21-61-32-62(22-17-57(79)66-24-19-39-5-14-50(74)53(77)27-39)34-63(33-61,23-18-58(80)67-25-20-40-6-15-51(75)54(78)28-40)37-64(35-61,36-62)69-60(84)68-41-7-10-46-45(29-41)59(81)83-65(46)47-11-8-43(71)30-55(47)82-56-31-44(72)9-12-48(56)65/h4-15,26-31,71-78H,1-3,16-25,32-37H2,(H,66,79)(H,67,80)(H2,68,69,84). The van der Waals surface area contributed by atoms with Crippen molar-refractivity contribution in [3.8, 4) is 57.5 Å². The van der Waals surface area contributed by atoms with Crippen molar-refractivity contribution in [2.45, 2.75) is 120 Å². The minimum Gasteiger partial charge on any atom is -0.508 e. The number of phenolic OH excluding ortho intramolecular Hbond substituents is 8. The van der Waals surface area contributed by atoms with Gasteiger partial charge in [0.1, 0.15) is 28.8 Å². The fourth-order valence-electron chi connectivity index (χ4n) is 15.2. The van der Waals surface area contributed by atoms with Gasteiger partial charge in [0.25, 0.3) is 0 Å². The zero-order valence-electron chi connectivity index (χ0n) is 46.3. The molecule has 438 valence electrons. The monoisotopic (exact) mass is 1160 g/mol. The average Bonchev–Trinajstić information content (AvgIpc) is 0.927. The number of fused-ring (bicyclic) bond motifs is 6. The molecule has 6 aromatic carbocycles. The smallest absolute Gasteiger partial charge is 0.340 e. The number of benzene rings is 6. The Hall–Kier alpha value is -8.71. The normalized spacial score (nSPS) is 21.8. The number of carbonyl (C=O) groups is 4. The molecule has 6 aliphatic rings. The van der Waals surface area contributed by atoms with Crippen LogP contribution in [0.2, 0.25) is 0 Å². The highest BCUT2D eigenvalue weighted by atomic mass is 32.1. The Bertz CT molecular complexity index is 3350. The molecule has 84 heavy (non-hydrogen) atoms. The molecule has 2 aliphatic heterocycles. The maximum Gasteiger partial charge on any atom is 0.340 e. The summed E-state index contributed by atoms with van der Waals surface area (Å²) in [5.41, 5.74) is 1.17. The third-order valence-corrected chi connectivity index (χ3v) is 18.2. The molecule has 1 spiro atoms. The van der Waals surface area contributed by atoms with Gasteiger partial charge in [0.2, 0.25) is 11.8 Å². The number of rotatable bonds is 21. The Balaban J connectivity index is 0.863. The number of ether oxygens (including phenoxy) is 2. The number of ketones is 1. The molecule has 4 aliphatic carbocycles. The lowest BCUT2D eigenvalue weighted by atomic mass is 9.35. The lowest BCUT2D eigenvalue weighted by Gasteiger charge is -2.71. The topological polar surface area (TPSA) is 297 Å². The zero-order chi connectivity index (χ0) is 59.2. The molecule has 4 bridgehead atoms. The van der Waals surface area contributed by atoms with Gasteiger partial charge in [-0.25, -0.2) is 4.79 Å². The number of carbonyl (C=O) groups excluding carboxylic acids is 4. The first kappa shape index (κ1) is 57.1. The highest BCUT2D eigenvalue weighted by Gasteiger charge is 2.68. The molecular weight excluding hydrogens is 1090 g/mol. The number of anilines is 1. The number of Topliss-reactive ketones (excluding diaryl/α,β-unsaturated/α-hetero) is 1. The summed E-state index contributed by atoms with van der Waals surface area (Å²) in [4.78, 5) is 55.8. The number of amides is 2. The summed E-state index contributed by atoms with van der Waals surface area (Å²) in [5.74, 6) is -1.79. The Morgan fingerprint density at radius 1 is 0.500 bits per heavy atom. The third-order valence-electron chi connectivity index (χ3n) is 18.0. The molecule has 0 saturated heterocycles. The van der Waals surface area contributed by atoms with Gasteiger partial charge in [-0.2, -0.15) is 0 Å². The molecule has 19 heteroatoms. The Morgan fingerprint density at radius 2 is 0.964 bits per heavy atom. The van der Waals surface area contributed by atoms with Gasteiger partial charge in [-0.1, -0.05) is 24.3 Å². The van der Waals surface area contributed by atoms with E-state index < -0.39 is 33.4 Å². The summed E-state index contributed by atoms with van der Waals surface area (Å²) < 4.78 is 12.5. The SMILES string of the molecule is O=C(CCCc1ccc(O)c(O)c1)CCC12CC3(CCC(=O)NCCc4ccc(O)c(O)c4)CC(CCC(=O)NCCc4ccc(O)c(O)c4)(C1)CC(NC(=S)Nc1ccc4c(c1)C(=O)OC41c4ccc(O)cc4Oc4cc(O)ccc41)(C2)C3. The number of aromatic hydroxyl groups is 8. The second-order valence-electron chi connectivity index (χ2n) is 24.3.